The molecule has 1 heterocycles. The molecule has 1 aliphatic heterocycles. The van der Waals surface area contributed by atoms with Gasteiger partial charge in [-0.1, -0.05) is 6.92 Å². The fourth-order valence-electron chi connectivity index (χ4n) is 6.39. The molecule has 2 aromatic carbocycles. The van der Waals surface area contributed by atoms with Gasteiger partial charge in [-0.25, -0.2) is 22.0 Å². The highest BCUT2D eigenvalue weighted by molar-refractivity contribution is 5.32. The molecule has 3 fully saturated rings. The van der Waals surface area contributed by atoms with Gasteiger partial charge in [-0.2, -0.15) is 8.78 Å². The Morgan fingerprint density at radius 2 is 1.23 bits per heavy atom. The number of ether oxygens (including phenoxy) is 3. The van der Waals surface area contributed by atoms with Gasteiger partial charge in [0.2, 0.25) is 0 Å². The second-order valence-corrected chi connectivity index (χ2v) is 11.6. The fraction of sp³-hybridized carbons (Fsp3) is 0.600. The van der Waals surface area contributed by atoms with Crippen LogP contribution < -0.4 is 4.74 Å². The minimum atomic E-state index is -3.80. The first-order chi connectivity index (χ1) is 19.0. The molecule has 220 valence electrons. The van der Waals surface area contributed by atoms with Crippen LogP contribution in [0.3, 0.4) is 0 Å². The van der Waals surface area contributed by atoms with Crippen LogP contribution in [0.4, 0.5) is 30.7 Å². The van der Waals surface area contributed by atoms with Gasteiger partial charge >= 0.3 is 6.11 Å². The number of benzene rings is 2. The minimum absolute atomic E-state index is 0.0181. The predicted octanol–water partition coefficient (Wildman–Crippen LogP) is 8.61. The van der Waals surface area contributed by atoms with Gasteiger partial charge in [-0.3, -0.25) is 0 Å². The summed E-state index contributed by atoms with van der Waals surface area (Å²) in [5.41, 5.74) is 0.504. The van der Waals surface area contributed by atoms with Gasteiger partial charge in [0.15, 0.2) is 23.7 Å². The molecule has 0 amide bonds. The van der Waals surface area contributed by atoms with Crippen LogP contribution in [0.5, 0.6) is 5.75 Å². The number of rotatable bonds is 6. The van der Waals surface area contributed by atoms with Gasteiger partial charge in [0.25, 0.3) is 0 Å². The van der Waals surface area contributed by atoms with Crippen LogP contribution in [0.2, 0.25) is 0 Å². The Hall–Kier alpha value is -2.33. The molecule has 2 saturated carbocycles. The normalized spacial score (nSPS) is 29.8. The van der Waals surface area contributed by atoms with E-state index >= 15 is 8.78 Å². The maximum absolute atomic E-state index is 15.2. The van der Waals surface area contributed by atoms with E-state index in [0.717, 1.165) is 25.7 Å². The second kappa shape index (κ2) is 11.9. The standard InChI is InChI=1S/C30H33F7O3/c1-16-14-38-29(39-15-16)19-4-2-17(3-5-19)20-10-23(31)27(24(32)11-20)18-6-8-21(9-7-18)30(36,37)40-22-12-25(33)28(35)26(34)13-22/h10-13,16-19,21,29H,2-9,14-15H2,1H3. The summed E-state index contributed by atoms with van der Waals surface area (Å²) in [6, 6.07) is 3.46. The summed E-state index contributed by atoms with van der Waals surface area (Å²) < 4.78 is 116. The minimum Gasteiger partial charge on any atom is -0.432 e. The van der Waals surface area contributed by atoms with Crippen LogP contribution >= 0.6 is 0 Å². The smallest absolute Gasteiger partial charge is 0.400 e. The third-order valence-corrected chi connectivity index (χ3v) is 8.64. The van der Waals surface area contributed by atoms with Crippen LogP contribution in [0, 0.1) is 46.8 Å². The Morgan fingerprint density at radius 3 is 1.77 bits per heavy atom. The second-order valence-electron chi connectivity index (χ2n) is 11.6. The third kappa shape index (κ3) is 6.27. The molecule has 0 unspecified atom stereocenters. The van der Waals surface area contributed by atoms with Crippen molar-refractivity contribution in [2.75, 3.05) is 13.2 Å². The highest BCUT2D eigenvalue weighted by Gasteiger charge is 2.45. The average molecular weight is 575 g/mol. The number of hydrogen-bond acceptors (Lipinski definition) is 3. The molecule has 0 bridgehead atoms. The molecule has 0 N–H and O–H groups in total. The van der Waals surface area contributed by atoms with Crippen LogP contribution in [-0.2, 0) is 9.47 Å². The van der Waals surface area contributed by atoms with Crippen molar-refractivity contribution in [1.82, 2.24) is 0 Å². The van der Waals surface area contributed by atoms with Crippen molar-refractivity contribution >= 4 is 0 Å². The Labute approximate surface area is 229 Å². The summed E-state index contributed by atoms with van der Waals surface area (Å²) in [6.07, 6.45) is -0.850. The number of hydrogen-bond donors (Lipinski definition) is 0. The van der Waals surface area contributed by atoms with E-state index in [1.54, 1.807) is 0 Å². The van der Waals surface area contributed by atoms with Crippen molar-refractivity contribution in [3.8, 4) is 5.75 Å². The highest BCUT2D eigenvalue weighted by atomic mass is 19.3. The van der Waals surface area contributed by atoms with Crippen molar-refractivity contribution < 1.29 is 44.9 Å². The zero-order valence-electron chi connectivity index (χ0n) is 22.2. The van der Waals surface area contributed by atoms with Crippen LogP contribution in [0.25, 0.3) is 0 Å². The van der Waals surface area contributed by atoms with Gasteiger partial charge in [0, 0.05) is 29.5 Å². The van der Waals surface area contributed by atoms with E-state index in [0.29, 0.717) is 36.8 Å². The molecule has 5 rings (SSSR count). The monoisotopic (exact) mass is 574 g/mol. The molecule has 10 heteroatoms. The molecule has 3 nitrogen and oxygen atoms in total. The van der Waals surface area contributed by atoms with Crippen LogP contribution in [0.15, 0.2) is 24.3 Å². The van der Waals surface area contributed by atoms with E-state index in [4.69, 9.17) is 9.47 Å². The molecular formula is C30H33F7O3. The molecule has 0 aromatic heterocycles. The van der Waals surface area contributed by atoms with Gasteiger partial charge in [0.1, 0.15) is 17.4 Å². The predicted molar refractivity (Wildman–Crippen MR) is 133 cm³/mol. The molecule has 40 heavy (non-hydrogen) atoms. The summed E-state index contributed by atoms with van der Waals surface area (Å²) >= 11 is 0. The lowest BCUT2D eigenvalue weighted by Crippen LogP contribution is -2.37. The molecule has 3 aliphatic rings. The van der Waals surface area contributed by atoms with Gasteiger partial charge in [-0.05, 0) is 80.9 Å². The number of alkyl halides is 2. The third-order valence-electron chi connectivity index (χ3n) is 8.64. The van der Waals surface area contributed by atoms with Crippen molar-refractivity contribution in [2.45, 2.75) is 82.5 Å². The summed E-state index contributed by atoms with van der Waals surface area (Å²) in [7, 11) is 0. The molecule has 0 atom stereocenters. The summed E-state index contributed by atoms with van der Waals surface area (Å²) in [5.74, 6) is -8.51. The first-order valence-corrected chi connectivity index (χ1v) is 13.9. The lowest BCUT2D eigenvalue weighted by atomic mass is 9.75. The lowest BCUT2D eigenvalue weighted by molar-refractivity contribution is -0.226. The zero-order valence-corrected chi connectivity index (χ0v) is 22.2. The number of halogens is 7. The van der Waals surface area contributed by atoms with E-state index in [1.165, 1.54) is 12.1 Å². The average Bonchev–Trinajstić information content (AvgIpc) is 2.92. The molecular weight excluding hydrogens is 541 g/mol. The van der Waals surface area contributed by atoms with Gasteiger partial charge in [0.05, 0.1) is 19.1 Å². The SMILES string of the molecule is CC1COC(C2CCC(c3cc(F)c(C4CCC(C(F)(F)Oc5cc(F)c(F)c(F)c5)CC4)c(F)c3)CC2)OC1. The Morgan fingerprint density at radius 1 is 0.700 bits per heavy atom. The Kier molecular flexibility index (Phi) is 8.66. The maximum atomic E-state index is 15.2. The molecule has 2 aromatic rings. The molecule has 1 saturated heterocycles. The molecule has 0 radical (unpaired) electrons. The van der Waals surface area contributed by atoms with Crippen molar-refractivity contribution in [2.24, 2.45) is 17.8 Å². The Balaban J connectivity index is 1.18. The van der Waals surface area contributed by atoms with Gasteiger partial charge < -0.3 is 14.2 Å². The zero-order chi connectivity index (χ0) is 28.6. The fourth-order valence-corrected chi connectivity index (χ4v) is 6.39. The molecule has 0 spiro atoms. The van der Waals surface area contributed by atoms with E-state index in [-0.39, 0.29) is 49.4 Å². The van der Waals surface area contributed by atoms with Gasteiger partial charge in [-0.15, -0.1) is 0 Å². The van der Waals surface area contributed by atoms with Crippen LogP contribution in [0.1, 0.15) is 81.3 Å². The van der Waals surface area contributed by atoms with Crippen LogP contribution in [-0.4, -0.2) is 25.6 Å². The van der Waals surface area contributed by atoms with E-state index in [9.17, 15) is 22.0 Å². The van der Waals surface area contributed by atoms with E-state index in [1.807, 2.05) is 0 Å². The summed E-state index contributed by atoms with van der Waals surface area (Å²) in [5, 5.41) is 0. The first kappa shape index (κ1) is 29.2. The van der Waals surface area contributed by atoms with E-state index < -0.39 is 52.8 Å². The maximum Gasteiger partial charge on any atom is 0.400 e. The quantitative estimate of drug-likeness (QED) is 0.255. The Bertz CT molecular complexity index is 1140. The summed E-state index contributed by atoms with van der Waals surface area (Å²) in [4.78, 5) is 0. The highest BCUT2D eigenvalue weighted by Crippen LogP contribution is 2.46. The van der Waals surface area contributed by atoms with E-state index in [2.05, 4.69) is 11.7 Å². The first-order valence-electron chi connectivity index (χ1n) is 13.9. The topological polar surface area (TPSA) is 27.7 Å². The van der Waals surface area contributed by atoms with Crippen molar-refractivity contribution in [3.63, 3.8) is 0 Å². The summed E-state index contributed by atoms with van der Waals surface area (Å²) in [6.45, 7) is 3.41. The van der Waals surface area contributed by atoms with Crippen molar-refractivity contribution in [1.29, 1.82) is 0 Å². The lowest BCUT2D eigenvalue weighted by Gasteiger charge is -2.37. The largest absolute Gasteiger partial charge is 0.432 e. The van der Waals surface area contributed by atoms with Crippen molar-refractivity contribution in [3.05, 3.63) is 64.5 Å². The molecule has 2 aliphatic carbocycles.